The molecule has 2 aromatic rings. The number of aryl methyl sites for hydroxylation is 1. The van der Waals surface area contributed by atoms with E-state index in [9.17, 15) is 4.79 Å². The molecule has 19 heavy (non-hydrogen) atoms. The molecule has 2 aromatic heterocycles. The van der Waals surface area contributed by atoms with Crippen molar-refractivity contribution >= 4 is 0 Å². The molecule has 3 rings (SSSR count). The molecule has 3 heterocycles. The number of H-pyrrole nitrogens is 1. The van der Waals surface area contributed by atoms with E-state index in [1.165, 1.54) is 0 Å². The van der Waals surface area contributed by atoms with Crippen molar-refractivity contribution in [3.63, 3.8) is 0 Å². The van der Waals surface area contributed by atoms with E-state index in [4.69, 9.17) is 5.73 Å². The summed E-state index contributed by atoms with van der Waals surface area (Å²) in [6.07, 6.45) is 3.57. The second kappa shape index (κ2) is 4.62. The summed E-state index contributed by atoms with van der Waals surface area (Å²) in [5, 5.41) is 8.38. The molecule has 1 unspecified atom stereocenters. The summed E-state index contributed by atoms with van der Waals surface area (Å²) in [6.45, 7) is 3.36. The first kappa shape index (κ1) is 12.1. The Hall–Kier alpha value is -1.95. The van der Waals surface area contributed by atoms with E-state index >= 15 is 0 Å². The molecule has 6 heteroatoms. The highest BCUT2D eigenvalue weighted by Gasteiger charge is 2.23. The van der Waals surface area contributed by atoms with Gasteiger partial charge in [-0.1, -0.05) is 0 Å². The van der Waals surface area contributed by atoms with Gasteiger partial charge in [-0.05, 0) is 25.8 Å². The van der Waals surface area contributed by atoms with Crippen molar-refractivity contribution in [3.8, 4) is 11.4 Å². The molecule has 6 nitrogen and oxygen atoms in total. The van der Waals surface area contributed by atoms with Gasteiger partial charge in [-0.15, -0.1) is 10.2 Å². The van der Waals surface area contributed by atoms with Crippen molar-refractivity contribution in [2.75, 3.05) is 6.54 Å². The van der Waals surface area contributed by atoms with Gasteiger partial charge in [-0.2, -0.15) is 0 Å². The van der Waals surface area contributed by atoms with E-state index in [-0.39, 0.29) is 5.43 Å². The number of fused-ring (bicyclic) bond motifs is 1. The van der Waals surface area contributed by atoms with Gasteiger partial charge >= 0.3 is 0 Å². The van der Waals surface area contributed by atoms with Crippen molar-refractivity contribution in [1.29, 1.82) is 0 Å². The zero-order chi connectivity index (χ0) is 13.4. The largest absolute Gasteiger partial charge is 0.364 e. The zero-order valence-electron chi connectivity index (χ0n) is 10.9. The van der Waals surface area contributed by atoms with Crippen molar-refractivity contribution < 1.29 is 0 Å². The smallest absolute Gasteiger partial charge is 0.192 e. The molecule has 1 atom stereocenters. The number of nitrogens with one attached hydrogen (secondary N) is 1. The Morgan fingerprint density at radius 1 is 1.53 bits per heavy atom. The first-order valence-electron chi connectivity index (χ1n) is 6.51. The van der Waals surface area contributed by atoms with Crippen LogP contribution < -0.4 is 11.2 Å². The molecule has 1 aliphatic rings. The zero-order valence-corrected chi connectivity index (χ0v) is 10.9. The maximum Gasteiger partial charge on any atom is 0.192 e. The van der Waals surface area contributed by atoms with E-state index in [2.05, 4.69) is 15.2 Å². The quantitative estimate of drug-likeness (QED) is 0.820. The van der Waals surface area contributed by atoms with Crippen LogP contribution in [0.25, 0.3) is 11.4 Å². The Balaban J connectivity index is 2.04. The molecule has 0 aliphatic carbocycles. The van der Waals surface area contributed by atoms with Crippen LogP contribution in [-0.2, 0) is 13.0 Å². The lowest BCUT2D eigenvalue weighted by Crippen LogP contribution is -2.26. The van der Waals surface area contributed by atoms with Crippen LogP contribution in [0, 0.1) is 12.8 Å². The van der Waals surface area contributed by atoms with Gasteiger partial charge in [0.15, 0.2) is 11.3 Å². The highest BCUT2D eigenvalue weighted by Crippen LogP contribution is 2.23. The van der Waals surface area contributed by atoms with Crippen molar-refractivity contribution in [1.82, 2.24) is 19.7 Å². The van der Waals surface area contributed by atoms with Crippen LogP contribution in [0.5, 0.6) is 0 Å². The van der Waals surface area contributed by atoms with Crippen molar-refractivity contribution in [2.45, 2.75) is 26.3 Å². The lowest BCUT2D eigenvalue weighted by atomic mass is 9.98. The minimum Gasteiger partial charge on any atom is -0.364 e. The SMILES string of the molecule is Cc1cc(=O)c(-c2nnc3n2CCC(CN)C3)c[nH]1. The minimum absolute atomic E-state index is 0.0209. The van der Waals surface area contributed by atoms with Crippen LogP contribution in [0.3, 0.4) is 0 Å². The number of rotatable bonds is 2. The standard InChI is InChI=1S/C13H17N5O/c1-8-4-11(19)10(7-15-8)13-17-16-12-5-9(6-14)2-3-18(12)13/h4,7,9H,2-3,5-6,14H2,1H3,(H,15,19). The lowest BCUT2D eigenvalue weighted by Gasteiger charge is -2.22. The van der Waals surface area contributed by atoms with Crippen LogP contribution >= 0.6 is 0 Å². The number of pyridine rings is 1. The molecule has 3 N–H and O–H groups in total. The van der Waals surface area contributed by atoms with E-state index in [0.717, 1.165) is 30.9 Å². The predicted molar refractivity (Wildman–Crippen MR) is 71.7 cm³/mol. The fraction of sp³-hybridized carbons (Fsp3) is 0.462. The Labute approximate surface area is 110 Å². The van der Waals surface area contributed by atoms with Crippen molar-refractivity contribution in [3.05, 3.63) is 34.0 Å². The second-order valence-corrected chi connectivity index (χ2v) is 5.08. The van der Waals surface area contributed by atoms with E-state index in [1.807, 2.05) is 11.5 Å². The third-order valence-corrected chi connectivity index (χ3v) is 3.69. The molecule has 0 amide bonds. The molecule has 0 fully saturated rings. The van der Waals surface area contributed by atoms with Crippen LogP contribution in [0.4, 0.5) is 0 Å². The summed E-state index contributed by atoms with van der Waals surface area (Å²) < 4.78 is 2.03. The van der Waals surface area contributed by atoms with Gasteiger partial charge in [0.1, 0.15) is 5.82 Å². The maximum atomic E-state index is 12.0. The molecule has 0 saturated carbocycles. The summed E-state index contributed by atoms with van der Waals surface area (Å²) in [4.78, 5) is 15.1. The molecule has 0 saturated heterocycles. The molecule has 0 radical (unpaired) electrons. The summed E-state index contributed by atoms with van der Waals surface area (Å²) in [5.74, 6) is 2.06. The summed E-state index contributed by atoms with van der Waals surface area (Å²) in [6, 6.07) is 1.59. The normalized spacial score (nSPS) is 18.3. The average Bonchev–Trinajstić information content (AvgIpc) is 2.81. The Morgan fingerprint density at radius 3 is 3.11 bits per heavy atom. The second-order valence-electron chi connectivity index (χ2n) is 5.08. The van der Waals surface area contributed by atoms with E-state index in [0.29, 0.717) is 23.9 Å². The fourth-order valence-corrected chi connectivity index (χ4v) is 2.54. The maximum absolute atomic E-state index is 12.0. The molecule has 100 valence electrons. The first-order chi connectivity index (χ1) is 9.19. The van der Waals surface area contributed by atoms with Gasteiger partial charge < -0.3 is 15.3 Å². The fourth-order valence-electron chi connectivity index (χ4n) is 2.54. The average molecular weight is 259 g/mol. The van der Waals surface area contributed by atoms with Gasteiger partial charge in [0.05, 0.1) is 5.56 Å². The van der Waals surface area contributed by atoms with Crippen molar-refractivity contribution in [2.24, 2.45) is 11.7 Å². The number of nitrogens with two attached hydrogens (primary N) is 1. The molecule has 0 aromatic carbocycles. The van der Waals surface area contributed by atoms with Gasteiger partial charge in [0.2, 0.25) is 0 Å². The highest BCUT2D eigenvalue weighted by atomic mass is 16.1. The van der Waals surface area contributed by atoms with Crippen LogP contribution in [0.2, 0.25) is 0 Å². The topological polar surface area (TPSA) is 89.6 Å². The number of hydrogen-bond donors (Lipinski definition) is 2. The number of aromatic nitrogens is 4. The van der Waals surface area contributed by atoms with E-state index < -0.39 is 0 Å². The number of aromatic amines is 1. The lowest BCUT2D eigenvalue weighted by molar-refractivity contribution is 0.391. The highest BCUT2D eigenvalue weighted by molar-refractivity contribution is 5.54. The molecular weight excluding hydrogens is 242 g/mol. The molecule has 1 aliphatic heterocycles. The number of nitrogens with zero attached hydrogens (tertiary/aromatic N) is 3. The van der Waals surface area contributed by atoms with Crippen LogP contribution in [0.1, 0.15) is 17.9 Å². The molecule has 0 spiro atoms. The Morgan fingerprint density at radius 2 is 2.37 bits per heavy atom. The summed E-state index contributed by atoms with van der Waals surface area (Å²) in [5.41, 5.74) is 7.11. The third kappa shape index (κ3) is 2.08. The molecular formula is C13H17N5O. The van der Waals surface area contributed by atoms with Gasteiger partial charge in [-0.3, -0.25) is 4.79 Å². The summed E-state index contributed by atoms with van der Waals surface area (Å²) >= 11 is 0. The third-order valence-electron chi connectivity index (χ3n) is 3.69. The predicted octanol–water partition coefficient (Wildman–Crippen LogP) is 0.463. The van der Waals surface area contributed by atoms with Crippen LogP contribution in [0.15, 0.2) is 17.1 Å². The van der Waals surface area contributed by atoms with Gasteiger partial charge in [0.25, 0.3) is 0 Å². The van der Waals surface area contributed by atoms with Gasteiger partial charge in [-0.25, -0.2) is 0 Å². The van der Waals surface area contributed by atoms with Gasteiger partial charge in [0, 0.05) is 30.9 Å². The molecule has 0 bridgehead atoms. The van der Waals surface area contributed by atoms with E-state index in [1.54, 1.807) is 12.3 Å². The Bertz CT molecular complexity index is 657. The summed E-state index contributed by atoms with van der Waals surface area (Å²) in [7, 11) is 0. The van der Waals surface area contributed by atoms with Crippen LogP contribution in [-0.4, -0.2) is 26.3 Å². The monoisotopic (exact) mass is 259 g/mol. The minimum atomic E-state index is -0.0209. The Kier molecular flexibility index (Phi) is 2.94. The first-order valence-corrected chi connectivity index (χ1v) is 6.51. The number of hydrogen-bond acceptors (Lipinski definition) is 4.